The summed E-state index contributed by atoms with van der Waals surface area (Å²) in [7, 11) is 2.15. The molecule has 2 aromatic heterocycles. The summed E-state index contributed by atoms with van der Waals surface area (Å²) in [6.07, 6.45) is 6.99. The highest BCUT2D eigenvalue weighted by Gasteiger charge is 2.24. The molecule has 0 bridgehead atoms. The normalized spacial score (nSPS) is 15.2. The van der Waals surface area contributed by atoms with Gasteiger partial charge < -0.3 is 4.90 Å². The summed E-state index contributed by atoms with van der Waals surface area (Å²) in [4.78, 5) is 7.36. The molecule has 1 fully saturated rings. The molecule has 2 heterocycles. The number of nitrogens with zero attached hydrogens (tertiary/aromatic N) is 5. The molecule has 5 nitrogen and oxygen atoms in total. The van der Waals surface area contributed by atoms with Gasteiger partial charge in [-0.05, 0) is 36.6 Å². The zero-order valence-corrected chi connectivity index (χ0v) is 17.3. The molecule has 0 saturated heterocycles. The number of hydrogen-bond donors (Lipinski definition) is 0. The van der Waals surface area contributed by atoms with E-state index < -0.39 is 0 Å². The molecular weight excluding hydrogens is 382 g/mol. The summed E-state index contributed by atoms with van der Waals surface area (Å²) >= 11 is 6.27. The zero-order chi connectivity index (χ0) is 19.8. The number of halogens is 1. The summed E-state index contributed by atoms with van der Waals surface area (Å²) in [5, 5.41) is 10.8. The minimum absolute atomic E-state index is 0.489. The Hall–Kier alpha value is -2.66. The van der Waals surface area contributed by atoms with Crippen molar-refractivity contribution in [1.29, 1.82) is 0 Å². The Kier molecular flexibility index (Phi) is 4.84. The maximum atomic E-state index is 6.27. The molecule has 2 aromatic carbocycles. The van der Waals surface area contributed by atoms with Crippen molar-refractivity contribution in [1.82, 2.24) is 19.6 Å². The second-order valence-electron chi connectivity index (χ2n) is 7.91. The Morgan fingerprint density at radius 2 is 1.83 bits per heavy atom. The average molecular weight is 406 g/mol. The minimum atomic E-state index is 0.489. The third-order valence-corrected chi connectivity index (χ3v) is 6.23. The molecule has 0 amide bonds. The molecule has 5 rings (SSSR count). The first-order valence-corrected chi connectivity index (χ1v) is 10.7. The van der Waals surface area contributed by atoms with E-state index in [9.17, 15) is 0 Å². The molecule has 1 aliphatic carbocycles. The maximum Gasteiger partial charge on any atom is 0.213 e. The van der Waals surface area contributed by atoms with Crippen LogP contribution in [0.25, 0.3) is 16.6 Å². The zero-order valence-electron chi connectivity index (χ0n) is 16.6. The third kappa shape index (κ3) is 3.44. The number of anilines is 1. The van der Waals surface area contributed by atoms with Gasteiger partial charge in [-0.25, -0.2) is 9.38 Å². The van der Waals surface area contributed by atoms with E-state index >= 15 is 0 Å². The van der Waals surface area contributed by atoms with Crippen molar-refractivity contribution in [3.05, 3.63) is 64.9 Å². The monoisotopic (exact) mass is 405 g/mol. The van der Waals surface area contributed by atoms with Crippen LogP contribution in [0.15, 0.2) is 48.5 Å². The Bertz CT molecular complexity index is 1150. The van der Waals surface area contributed by atoms with E-state index in [-0.39, 0.29) is 0 Å². The third-order valence-electron chi connectivity index (χ3n) is 5.99. The van der Waals surface area contributed by atoms with Gasteiger partial charge in [0, 0.05) is 29.9 Å². The number of rotatable bonds is 4. The summed E-state index contributed by atoms with van der Waals surface area (Å²) in [6.45, 7) is 0. The molecule has 1 aliphatic rings. The van der Waals surface area contributed by atoms with Crippen LogP contribution in [0.4, 0.5) is 5.95 Å². The van der Waals surface area contributed by atoms with Crippen LogP contribution in [0.2, 0.25) is 5.02 Å². The van der Waals surface area contributed by atoms with Crippen LogP contribution < -0.4 is 4.90 Å². The number of benzene rings is 2. The number of hydrogen-bond acceptors (Lipinski definition) is 4. The summed E-state index contributed by atoms with van der Waals surface area (Å²) in [6, 6.07) is 16.7. The highest BCUT2D eigenvalue weighted by molar-refractivity contribution is 6.31. The lowest BCUT2D eigenvalue weighted by atomic mass is 9.95. The molecule has 0 radical (unpaired) electrons. The van der Waals surface area contributed by atoms with Crippen molar-refractivity contribution in [2.45, 2.75) is 44.6 Å². The molecule has 0 aliphatic heterocycles. The number of aromatic nitrogens is 4. The smallest absolute Gasteiger partial charge is 0.213 e. The molecule has 148 valence electrons. The van der Waals surface area contributed by atoms with Crippen LogP contribution in [0, 0.1) is 0 Å². The SMILES string of the molecule is CN(c1nc2cc(Cl)ccc2c2nnc(Cc3ccccc3)n12)C1CCCCC1. The predicted molar refractivity (Wildman–Crippen MR) is 118 cm³/mol. The van der Waals surface area contributed by atoms with Crippen LogP contribution in [-0.4, -0.2) is 32.7 Å². The predicted octanol–water partition coefficient (Wildman–Crippen LogP) is 5.29. The highest BCUT2D eigenvalue weighted by atomic mass is 35.5. The Morgan fingerprint density at radius 1 is 1.03 bits per heavy atom. The van der Waals surface area contributed by atoms with Crippen LogP contribution in [0.3, 0.4) is 0 Å². The van der Waals surface area contributed by atoms with Crippen molar-refractivity contribution >= 4 is 34.1 Å². The first kappa shape index (κ1) is 18.4. The van der Waals surface area contributed by atoms with Gasteiger partial charge in [0.1, 0.15) is 5.82 Å². The van der Waals surface area contributed by atoms with Crippen molar-refractivity contribution in [2.24, 2.45) is 0 Å². The van der Waals surface area contributed by atoms with E-state index in [4.69, 9.17) is 16.6 Å². The highest BCUT2D eigenvalue weighted by Crippen LogP contribution is 2.30. The molecule has 4 aromatic rings. The van der Waals surface area contributed by atoms with Gasteiger partial charge in [-0.3, -0.25) is 0 Å². The molecule has 1 saturated carbocycles. The maximum absolute atomic E-state index is 6.27. The Morgan fingerprint density at radius 3 is 2.62 bits per heavy atom. The number of fused-ring (bicyclic) bond motifs is 3. The van der Waals surface area contributed by atoms with Gasteiger partial charge in [0.25, 0.3) is 0 Å². The first-order chi connectivity index (χ1) is 14.2. The van der Waals surface area contributed by atoms with Gasteiger partial charge >= 0.3 is 0 Å². The van der Waals surface area contributed by atoms with Gasteiger partial charge in [-0.2, -0.15) is 0 Å². The molecule has 0 atom stereocenters. The van der Waals surface area contributed by atoms with Crippen LogP contribution in [-0.2, 0) is 6.42 Å². The average Bonchev–Trinajstić information content (AvgIpc) is 3.17. The topological polar surface area (TPSA) is 46.3 Å². The fourth-order valence-corrected chi connectivity index (χ4v) is 4.57. The molecule has 29 heavy (non-hydrogen) atoms. The molecule has 0 unspecified atom stereocenters. The Balaban J connectivity index is 1.69. The van der Waals surface area contributed by atoms with Gasteiger partial charge in [0.2, 0.25) is 5.95 Å². The quantitative estimate of drug-likeness (QED) is 0.462. The Labute approximate surface area is 175 Å². The van der Waals surface area contributed by atoms with Gasteiger partial charge in [0.05, 0.1) is 5.52 Å². The molecule has 0 spiro atoms. The van der Waals surface area contributed by atoms with Gasteiger partial charge in [-0.1, -0.05) is 61.2 Å². The fraction of sp³-hybridized carbons (Fsp3) is 0.348. The lowest BCUT2D eigenvalue weighted by molar-refractivity contribution is 0.423. The van der Waals surface area contributed by atoms with Gasteiger partial charge in [0.15, 0.2) is 5.65 Å². The second kappa shape index (κ2) is 7.64. The van der Waals surface area contributed by atoms with Crippen LogP contribution in [0.1, 0.15) is 43.5 Å². The van der Waals surface area contributed by atoms with Crippen molar-refractivity contribution < 1.29 is 0 Å². The minimum Gasteiger partial charge on any atom is -0.342 e. The fourth-order valence-electron chi connectivity index (χ4n) is 4.41. The molecule has 6 heteroatoms. The van der Waals surface area contributed by atoms with E-state index in [1.165, 1.54) is 37.7 Å². The standard InChI is InChI=1S/C23H24ClN5/c1-28(18-10-6-3-7-11-18)23-25-20-15-17(24)12-13-19(20)22-27-26-21(29(22)23)14-16-8-4-2-5-9-16/h2,4-5,8-9,12-13,15,18H,3,6-7,10-11,14H2,1H3. The van der Waals surface area contributed by atoms with E-state index in [2.05, 4.69) is 50.8 Å². The van der Waals surface area contributed by atoms with E-state index in [1.807, 2.05) is 24.3 Å². The van der Waals surface area contributed by atoms with Crippen LogP contribution in [0.5, 0.6) is 0 Å². The van der Waals surface area contributed by atoms with Crippen LogP contribution >= 0.6 is 11.6 Å². The summed E-state index contributed by atoms with van der Waals surface area (Å²) in [5.74, 6) is 1.81. The second-order valence-corrected chi connectivity index (χ2v) is 8.35. The van der Waals surface area contributed by atoms with Crippen molar-refractivity contribution in [3.63, 3.8) is 0 Å². The van der Waals surface area contributed by atoms with Crippen molar-refractivity contribution in [2.75, 3.05) is 11.9 Å². The summed E-state index contributed by atoms with van der Waals surface area (Å²) < 4.78 is 2.14. The van der Waals surface area contributed by atoms with Gasteiger partial charge in [-0.15, -0.1) is 10.2 Å². The lowest BCUT2D eigenvalue weighted by Gasteiger charge is -2.32. The largest absolute Gasteiger partial charge is 0.342 e. The molecular formula is C23H24ClN5. The summed E-state index contributed by atoms with van der Waals surface area (Å²) in [5.41, 5.74) is 2.92. The lowest BCUT2D eigenvalue weighted by Crippen LogP contribution is -2.35. The van der Waals surface area contributed by atoms with E-state index in [1.54, 1.807) is 0 Å². The molecule has 0 N–H and O–H groups in total. The van der Waals surface area contributed by atoms with Crippen molar-refractivity contribution in [3.8, 4) is 0 Å². The van der Waals surface area contributed by atoms with E-state index in [0.717, 1.165) is 28.3 Å². The first-order valence-electron chi connectivity index (χ1n) is 10.3. The van der Waals surface area contributed by atoms with E-state index in [0.29, 0.717) is 17.5 Å².